The van der Waals surface area contributed by atoms with Crippen LogP contribution in [-0.4, -0.2) is 0 Å². The standard InChI is InChI=1S/C12H17N/c1-5-7-11(8-6-2)9-12(3,4)10-13/h5-8H,1,9H2,2-4H3/b8-6-,11-7+. The summed E-state index contributed by atoms with van der Waals surface area (Å²) in [6.07, 6.45) is 8.45. The lowest BCUT2D eigenvalue weighted by Crippen LogP contribution is -2.08. The summed E-state index contributed by atoms with van der Waals surface area (Å²) in [5.74, 6) is 0. The summed E-state index contributed by atoms with van der Waals surface area (Å²) in [7, 11) is 0. The maximum Gasteiger partial charge on any atom is 0.0687 e. The first-order valence-electron chi connectivity index (χ1n) is 4.41. The summed E-state index contributed by atoms with van der Waals surface area (Å²) >= 11 is 0. The highest BCUT2D eigenvalue weighted by Gasteiger charge is 2.17. The van der Waals surface area contributed by atoms with Gasteiger partial charge in [-0.2, -0.15) is 5.26 Å². The lowest BCUT2D eigenvalue weighted by Gasteiger charge is -2.15. The molecule has 0 radical (unpaired) electrons. The van der Waals surface area contributed by atoms with Crippen molar-refractivity contribution in [3.63, 3.8) is 0 Å². The molecule has 0 aliphatic heterocycles. The Hall–Kier alpha value is -1.29. The second-order valence-electron chi connectivity index (χ2n) is 3.65. The first kappa shape index (κ1) is 11.7. The van der Waals surface area contributed by atoms with Crippen LogP contribution in [0.4, 0.5) is 0 Å². The van der Waals surface area contributed by atoms with Gasteiger partial charge in [-0.15, -0.1) is 0 Å². The minimum absolute atomic E-state index is 0.297. The maximum absolute atomic E-state index is 8.85. The Morgan fingerprint density at radius 2 is 2.15 bits per heavy atom. The average Bonchev–Trinajstić information content (AvgIpc) is 2.05. The van der Waals surface area contributed by atoms with Crippen molar-refractivity contribution in [2.75, 3.05) is 0 Å². The largest absolute Gasteiger partial charge is 0.198 e. The van der Waals surface area contributed by atoms with E-state index in [4.69, 9.17) is 5.26 Å². The Balaban J connectivity index is 4.55. The van der Waals surface area contributed by atoms with E-state index in [9.17, 15) is 0 Å². The minimum Gasteiger partial charge on any atom is -0.198 e. The van der Waals surface area contributed by atoms with Gasteiger partial charge < -0.3 is 0 Å². The predicted octanol–water partition coefficient (Wildman–Crippen LogP) is 3.61. The highest BCUT2D eigenvalue weighted by molar-refractivity contribution is 5.25. The summed E-state index contributed by atoms with van der Waals surface area (Å²) in [4.78, 5) is 0. The molecule has 0 aromatic heterocycles. The summed E-state index contributed by atoms with van der Waals surface area (Å²) in [5, 5.41) is 8.85. The van der Waals surface area contributed by atoms with Crippen molar-refractivity contribution >= 4 is 0 Å². The Morgan fingerprint density at radius 3 is 2.54 bits per heavy atom. The van der Waals surface area contributed by atoms with E-state index in [0.29, 0.717) is 0 Å². The van der Waals surface area contributed by atoms with Gasteiger partial charge in [0.05, 0.1) is 11.5 Å². The van der Waals surface area contributed by atoms with Gasteiger partial charge in [-0.3, -0.25) is 0 Å². The SMILES string of the molecule is C=C/C=C(\C=C/C)CC(C)(C)C#N. The molecule has 1 nitrogen and oxygen atoms in total. The fourth-order valence-electron chi connectivity index (χ4n) is 1.09. The van der Waals surface area contributed by atoms with E-state index in [1.807, 2.05) is 39.0 Å². The number of hydrogen-bond acceptors (Lipinski definition) is 1. The number of nitriles is 1. The zero-order valence-electron chi connectivity index (χ0n) is 8.67. The molecular weight excluding hydrogens is 158 g/mol. The van der Waals surface area contributed by atoms with Gasteiger partial charge in [-0.05, 0) is 32.8 Å². The van der Waals surface area contributed by atoms with E-state index in [1.54, 1.807) is 6.08 Å². The Labute approximate surface area is 81.1 Å². The smallest absolute Gasteiger partial charge is 0.0687 e. The van der Waals surface area contributed by atoms with Gasteiger partial charge >= 0.3 is 0 Å². The van der Waals surface area contributed by atoms with Crippen molar-refractivity contribution in [1.29, 1.82) is 5.26 Å². The molecule has 13 heavy (non-hydrogen) atoms. The lowest BCUT2D eigenvalue weighted by molar-refractivity contribution is 0.495. The molecule has 0 saturated heterocycles. The molecule has 70 valence electrons. The van der Waals surface area contributed by atoms with Crippen LogP contribution in [0.2, 0.25) is 0 Å². The third kappa shape index (κ3) is 5.03. The van der Waals surface area contributed by atoms with Gasteiger partial charge in [0, 0.05) is 0 Å². The van der Waals surface area contributed by atoms with E-state index in [1.165, 1.54) is 0 Å². The molecule has 0 unspecified atom stereocenters. The first-order valence-corrected chi connectivity index (χ1v) is 4.41. The average molecular weight is 175 g/mol. The van der Waals surface area contributed by atoms with Gasteiger partial charge in [-0.25, -0.2) is 0 Å². The van der Waals surface area contributed by atoms with E-state index in [0.717, 1.165) is 12.0 Å². The summed E-state index contributed by atoms with van der Waals surface area (Å²) in [6.45, 7) is 9.49. The van der Waals surface area contributed by atoms with E-state index in [-0.39, 0.29) is 5.41 Å². The van der Waals surface area contributed by atoms with Gasteiger partial charge in [0.2, 0.25) is 0 Å². The Kier molecular flexibility index (Phi) is 4.84. The molecule has 0 N–H and O–H groups in total. The molecule has 0 atom stereocenters. The van der Waals surface area contributed by atoms with Crippen LogP contribution >= 0.6 is 0 Å². The van der Waals surface area contributed by atoms with Gasteiger partial charge in [0.15, 0.2) is 0 Å². The molecule has 0 spiro atoms. The van der Waals surface area contributed by atoms with Crippen molar-refractivity contribution < 1.29 is 0 Å². The normalized spacial score (nSPS) is 12.9. The highest BCUT2D eigenvalue weighted by Crippen LogP contribution is 2.24. The molecule has 0 amide bonds. The van der Waals surface area contributed by atoms with Crippen LogP contribution in [0.3, 0.4) is 0 Å². The highest BCUT2D eigenvalue weighted by atomic mass is 14.3. The molecule has 0 saturated carbocycles. The van der Waals surface area contributed by atoms with Crippen molar-refractivity contribution in [3.8, 4) is 6.07 Å². The molecular formula is C12H17N. The van der Waals surface area contributed by atoms with Crippen LogP contribution in [0.25, 0.3) is 0 Å². The van der Waals surface area contributed by atoms with Crippen LogP contribution < -0.4 is 0 Å². The molecule has 0 fully saturated rings. The van der Waals surface area contributed by atoms with Crippen molar-refractivity contribution in [3.05, 3.63) is 36.5 Å². The molecule has 0 aliphatic carbocycles. The number of hydrogen-bond donors (Lipinski definition) is 0. The minimum atomic E-state index is -0.297. The van der Waals surface area contributed by atoms with Crippen molar-refractivity contribution in [2.24, 2.45) is 5.41 Å². The lowest BCUT2D eigenvalue weighted by atomic mass is 9.87. The maximum atomic E-state index is 8.85. The van der Waals surface area contributed by atoms with E-state index in [2.05, 4.69) is 12.6 Å². The van der Waals surface area contributed by atoms with E-state index < -0.39 is 0 Å². The predicted molar refractivity (Wildman–Crippen MR) is 57.1 cm³/mol. The monoisotopic (exact) mass is 175 g/mol. The zero-order chi connectivity index (χ0) is 10.3. The molecule has 0 aliphatic rings. The Morgan fingerprint density at radius 1 is 1.54 bits per heavy atom. The molecule has 0 bridgehead atoms. The Bertz CT molecular complexity index is 261. The van der Waals surface area contributed by atoms with Crippen molar-refractivity contribution in [1.82, 2.24) is 0 Å². The summed E-state index contributed by atoms with van der Waals surface area (Å²) < 4.78 is 0. The molecule has 0 heterocycles. The van der Waals surface area contributed by atoms with Crippen LogP contribution in [0.1, 0.15) is 27.2 Å². The van der Waals surface area contributed by atoms with Crippen LogP contribution in [0.15, 0.2) is 36.5 Å². The topological polar surface area (TPSA) is 23.8 Å². The number of rotatable bonds is 4. The zero-order valence-corrected chi connectivity index (χ0v) is 8.67. The molecule has 0 aromatic rings. The number of nitrogens with zero attached hydrogens (tertiary/aromatic N) is 1. The molecule has 0 rings (SSSR count). The van der Waals surface area contributed by atoms with Crippen LogP contribution in [0.5, 0.6) is 0 Å². The summed E-state index contributed by atoms with van der Waals surface area (Å²) in [6, 6.07) is 2.28. The third-order valence-corrected chi connectivity index (χ3v) is 1.66. The van der Waals surface area contributed by atoms with Gasteiger partial charge in [-0.1, -0.05) is 30.9 Å². The number of allylic oxidation sites excluding steroid dienone is 5. The second-order valence-corrected chi connectivity index (χ2v) is 3.65. The third-order valence-electron chi connectivity index (χ3n) is 1.66. The molecule has 0 aromatic carbocycles. The van der Waals surface area contributed by atoms with Crippen LogP contribution in [-0.2, 0) is 0 Å². The van der Waals surface area contributed by atoms with Gasteiger partial charge in [0.1, 0.15) is 0 Å². The van der Waals surface area contributed by atoms with Crippen molar-refractivity contribution in [2.45, 2.75) is 27.2 Å². The second kappa shape index (κ2) is 5.37. The first-order chi connectivity index (χ1) is 6.05. The van der Waals surface area contributed by atoms with Gasteiger partial charge in [0.25, 0.3) is 0 Å². The fourth-order valence-corrected chi connectivity index (χ4v) is 1.09. The quantitative estimate of drug-likeness (QED) is 0.599. The van der Waals surface area contributed by atoms with Crippen LogP contribution in [0, 0.1) is 16.7 Å². The summed E-state index contributed by atoms with van der Waals surface area (Å²) in [5.41, 5.74) is 0.845. The van der Waals surface area contributed by atoms with E-state index >= 15 is 0 Å². The fraction of sp³-hybridized carbons (Fsp3) is 0.417. The molecule has 1 heteroatoms.